The zero-order chi connectivity index (χ0) is 18.9. The molecular formula is C21H29BrO4. The number of Topliss-reactive ketones (excluding diaryl/α,β-unsaturated/α-hetero) is 1. The van der Waals surface area contributed by atoms with Gasteiger partial charge in [0.15, 0.2) is 5.78 Å². The van der Waals surface area contributed by atoms with Crippen molar-refractivity contribution < 1.29 is 19.4 Å². The van der Waals surface area contributed by atoms with Crippen LogP contribution in [0.5, 0.6) is 0 Å². The van der Waals surface area contributed by atoms with E-state index in [1.807, 2.05) is 6.08 Å². The zero-order valence-electron chi connectivity index (χ0n) is 15.8. The molecule has 0 aliphatic heterocycles. The minimum atomic E-state index is -0.519. The number of carbonyl (C=O) groups is 2. The summed E-state index contributed by atoms with van der Waals surface area (Å²) in [5.41, 5.74) is 0.959. The third kappa shape index (κ3) is 2.42. The lowest BCUT2D eigenvalue weighted by Crippen LogP contribution is -2.54. The maximum atomic E-state index is 12.8. The molecule has 0 spiro atoms. The molecule has 0 bridgehead atoms. The Morgan fingerprint density at radius 2 is 1.92 bits per heavy atom. The van der Waals surface area contributed by atoms with Crippen molar-refractivity contribution in [2.45, 2.75) is 63.3 Å². The summed E-state index contributed by atoms with van der Waals surface area (Å²) in [4.78, 5) is 24.7. The van der Waals surface area contributed by atoms with Crippen LogP contribution in [0.4, 0.5) is 0 Å². The normalized spacial score (nSPS) is 50.3. The minimum Gasteiger partial charge on any atom is -0.469 e. The number of aliphatic hydroxyl groups excluding tert-OH is 1. The van der Waals surface area contributed by atoms with Gasteiger partial charge in [-0.3, -0.25) is 9.59 Å². The Bertz CT molecular complexity index is 673. The van der Waals surface area contributed by atoms with Crippen LogP contribution in [0.25, 0.3) is 0 Å². The smallest absolute Gasteiger partial charge is 0.308 e. The monoisotopic (exact) mass is 424 g/mol. The van der Waals surface area contributed by atoms with Gasteiger partial charge >= 0.3 is 5.97 Å². The molecule has 3 saturated carbocycles. The number of esters is 1. The molecule has 3 fully saturated rings. The number of aliphatic hydroxyl groups is 1. The molecule has 0 amide bonds. The van der Waals surface area contributed by atoms with Gasteiger partial charge in [-0.15, -0.1) is 0 Å². The number of fused-ring (bicyclic) bond motifs is 5. The van der Waals surface area contributed by atoms with Crippen LogP contribution in [0, 0.1) is 34.5 Å². The summed E-state index contributed by atoms with van der Waals surface area (Å²) in [5.74, 6) is 0.869. The second-order valence-corrected chi connectivity index (χ2v) is 10.5. The molecule has 0 aromatic heterocycles. The van der Waals surface area contributed by atoms with E-state index in [1.54, 1.807) is 0 Å². The van der Waals surface area contributed by atoms with Gasteiger partial charge in [0, 0.05) is 5.41 Å². The molecule has 1 N–H and O–H groups in total. The molecule has 0 heterocycles. The first-order valence-corrected chi connectivity index (χ1v) is 10.8. The number of methoxy groups -OCH3 is 1. The van der Waals surface area contributed by atoms with Gasteiger partial charge in [-0.25, -0.2) is 0 Å². The van der Waals surface area contributed by atoms with Gasteiger partial charge in [0.1, 0.15) is 0 Å². The van der Waals surface area contributed by atoms with Crippen LogP contribution in [-0.4, -0.2) is 34.9 Å². The summed E-state index contributed by atoms with van der Waals surface area (Å²) in [7, 11) is 1.45. The number of ketones is 1. The topological polar surface area (TPSA) is 63.6 Å². The SMILES string of the molecule is COC(=O)[C@H]1CC[C@@]2(C)C(=C[C@H](O)C3C2CC[C@]2(C)C(=O)[C@H](Br)CC32)C1. The third-order valence-corrected chi connectivity index (χ3v) is 9.15. The van der Waals surface area contributed by atoms with Crippen molar-refractivity contribution in [1.29, 1.82) is 0 Å². The minimum absolute atomic E-state index is 0.0309. The lowest BCUT2D eigenvalue weighted by atomic mass is 9.47. The Morgan fingerprint density at radius 3 is 2.62 bits per heavy atom. The lowest BCUT2D eigenvalue weighted by molar-refractivity contribution is -0.148. The summed E-state index contributed by atoms with van der Waals surface area (Å²) in [6.45, 7) is 4.43. The maximum absolute atomic E-state index is 12.8. The Kier molecular flexibility index (Phi) is 4.43. The van der Waals surface area contributed by atoms with E-state index in [0.717, 1.165) is 32.1 Å². The highest BCUT2D eigenvalue weighted by Crippen LogP contribution is 2.64. The van der Waals surface area contributed by atoms with Gasteiger partial charge in [-0.2, -0.15) is 0 Å². The van der Waals surface area contributed by atoms with Gasteiger partial charge in [0.25, 0.3) is 0 Å². The number of carbonyl (C=O) groups excluding carboxylic acids is 2. The van der Waals surface area contributed by atoms with E-state index < -0.39 is 6.10 Å². The van der Waals surface area contributed by atoms with Gasteiger partial charge < -0.3 is 9.84 Å². The first-order valence-electron chi connectivity index (χ1n) is 9.88. The molecule has 8 atom stereocenters. The zero-order valence-corrected chi connectivity index (χ0v) is 17.4. The molecule has 3 unspecified atom stereocenters. The highest BCUT2D eigenvalue weighted by molar-refractivity contribution is 9.10. The molecule has 4 nitrogen and oxygen atoms in total. The van der Waals surface area contributed by atoms with E-state index in [1.165, 1.54) is 12.7 Å². The van der Waals surface area contributed by atoms with Crippen molar-refractivity contribution in [3.8, 4) is 0 Å². The fraction of sp³-hybridized carbons (Fsp3) is 0.810. The fourth-order valence-electron chi connectivity index (χ4n) is 6.77. The van der Waals surface area contributed by atoms with Crippen LogP contribution in [0.3, 0.4) is 0 Å². The molecule has 4 rings (SSSR count). The first kappa shape index (κ1) is 18.7. The van der Waals surface area contributed by atoms with Crippen LogP contribution >= 0.6 is 15.9 Å². The highest BCUT2D eigenvalue weighted by atomic mass is 79.9. The van der Waals surface area contributed by atoms with Gasteiger partial charge in [-0.1, -0.05) is 41.4 Å². The van der Waals surface area contributed by atoms with Crippen LogP contribution in [-0.2, 0) is 14.3 Å². The summed E-state index contributed by atoms with van der Waals surface area (Å²) < 4.78 is 4.96. The van der Waals surface area contributed by atoms with Crippen LogP contribution in [0.15, 0.2) is 11.6 Å². The Hall–Kier alpha value is -0.680. The van der Waals surface area contributed by atoms with Crippen LogP contribution in [0.1, 0.15) is 52.4 Å². The van der Waals surface area contributed by atoms with Gasteiger partial charge in [-0.05, 0) is 61.7 Å². The van der Waals surface area contributed by atoms with Crippen molar-refractivity contribution in [3.63, 3.8) is 0 Å². The molecule has 4 aliphatic carbocycles. The Balaban J connectivity index is 1.68. The average Bonchev–Trinajstić information content (AvgIpc) is 2.85. The van der Waals surface area contributed by atoms with E-state index in [-0.39, 0.29) is 39.4 Å². The quantitative estimate of drug-likeness (QED) is 0.396. The number of rotatable bonds is 1. The molecule has 5 heteroatoms. The molecule has 144 valence electrons. The van der Waals surface area contributed by atoms with Crippen molar-refractivity contribution in [2.75, 3.05) is 7.11 Å². The second-order valence-electron chi connectivity index (χ2n) is 9.38. The molecule has 0 saturated heterocycles. The Morgan fingerprint density at radius 1 is 1.23 bits per heavy atom. The summed E-state index contributed by atoms with van der Waals surface area (Å²) in [6, 6.07) is 0. The standard InChI is InChI=1S/C21H29BrO4/c1-20-6-4-11(19(25)26-3)8-12(20)9-16(23)17-13(20)5-7-21(2)14(17)10-15(22)18(21)24/h9,11,13-17,23H,4-8,10H2,1-3H3/t11-,13?,14?,15+,16-,17?,20-,21-/m0/s1. The van der Waals surface area contributed by atoms with E-state index in [4.69, 9.17) is 4.74 Å². The number of hydrogen-bond acceptors (Lipinski definition) is 4. The summed E-state index contributed by atoms with van der Waals surface area (Å²) >= 11 is 3.58. The van der Waals surface area contributed by atoms with E-state index in [9.17, 15) is 14.7 Å². The van der Waals surface area contributed by atoms with E-state index >= 15 is 0 Å². The van der Waals surface area contributed by atoms with Crippen molar-refractivity contribution in [1.82, 2.24) is 0 Å². The molecule has 0 aromatic carbocycles. The first-order chi connectivity index (χ1) is 12.2. The molecule has 0 aromatic rings. The van der Waals surface area contributed by atoms with Gasteiger partial charge in [0.2, 0.25) is 0 Å². The summed E-state index contributed by atoms with van der Waals surface area (Å²) in [5, 5.41) is 11.1. The average molecular weight is 425 g/mol. The second kappa shape index (κ2) is 6.16. The van der Waals surface area contributed by atoms with Gasteiger partial charge in [0.05, 0.1) is 24.0 Å². The molecule has 4 aliphatic rings. The fourth-order valence-corrected chi connectivity index (χ4v) is 7.70. The van der Waals surface area contributed by atoms with Crippen molar-refractivity contribution in [2.24, 2.45) is 34.5 Å². The number of allylic oxidation sites excluding steroid dienone is 1. The molecule has 0 radical (unpaired) electrons. The lowest BCUT2D eigenvalue weighted by Gasteiger charge is -2.58. The predicted octanol–water partition coefficient (Wildman–Crippen LogP) is 3.65. The highest BCUT2D eigenvalue weighted by Gasteiger charge is 2.62. The Labute approximate surface area is 163 Å². The molecular weight excluding hydrogens is 396 g/mol. The van der Waals surface area contributed by atoms with Crippen LogP contribution < -0.4 is 0 Å². The predicted molar refractivity (Wildman–Crippen MR) is 102 cm³/mol. The number of ether oxygens (including phenoxy) is 1. The number of alkyl halides is 1. The number of hydrogen-bond donors (Lipinski definition) is 1. The van der Waals surface area contributed by atoms with Crippen molar-refractivity contribution >= 4 is 27.7 Å². The largest absolute Gasteiger partial charge is 0.469 e. The third-order valence-electron chi connectivity index (χ3n) is 8.36. The van der Waals surface area contributed by atoms with E-state index in [2.05, 4.69) is 29.8 Å². The van der Waals surface area contributed by atoms with Crippen LogP contribution in [0.2, 0.25) is 0 Å². The molecule has 26 heavy (non-hydrogen) atoms. The number of halogens is 1. The van der Waals surface area contributed by atoms with E-state index in [0.29, 0.717) is 18.1 Å². The van der Waals surface area contributed by atoms with Crippen molar-refractivity contribution in [3.05, 3.63) is 11.6 Å². The summed E-state index contributed by atoms with van der Waals surface area (Å²) in [6.07, 6.45) is 6.74. The maximum Gasteiger partial charge on any atom is 0.308 e.